The molecule has 0 saturated heterocycles. The lowest BCUT2D eigenvalue weighted by atomic mass is 10.4. The van der Waals surface area contributed by atoms with Crippen molar-refractivity contribution in [2.75, 3.05) is 24.4 Å². The second kappa shape index (κ2) is 4.10. The summed E-state index contributed by atoms with van der Waals surface area (Å²) in [4.78, 5) is 7.78. The number of hydrogen-bond acceptors (Lipinski definition) is 3. The zero-order valence-electron chi connectivity index (χ0n) is 7.59. The number of thiazole rings is 1. The van der Waals surface area contributed by atoms with E-state index in [-0.39, 0.29) is 0 Å². The molecule has 1 aromatic rings. The molecule has 0 atom stereocenters. The summed E-state index contributed by atoms with van der Waals surface area (Å²) in [6.45, 7) is 4.98. The van der Waals surface area contributed by atoms with E-state index in [0.717, 1.165) is 17.4 Å². The van der Waals surface area contributed by atoms with Crippen LogP contribution in [0.25, 0.3) is 0 Å². The maximum absolute atomic E-state index is 5.63. The van der Waals surface area contributed by atoms with E-state index in [0.29, 0.717) is 5.88 Å². The van der Waals surface area contributed by atoms with E-state index in [9.17, 15) is 0 Å². The molecule has 0 unspecified atom stereocenters. The van der Waals surface area contributed by atoms with Crippen LogP contribution in [-0.4, -0.2) is 24.5 Å². The van der Waals surface area contributed by atoms with Gasteiger partial charge in [-0.2, -0.15) is 0 Å². The Balaban J connectivity index is 2.74. The number of nitrogens with zero attached hydrogens (tertiary/aromatic N) is 2. The molecule has 0 amide bonds. The standard InChI is InChI=1S/C8H13ClN2S/c1-6-7(2)12-8(10-6)11(3)5-4-9/h4-5H2,1-3H3. The van der Waals surface area contributed by atoms with Gasteiger partial charge in [-0.1, -0.05) is 0 Å². The van der Waals surface area contributed by atoms with Crippen molar-refractivity contribution in [1.82, 2.24) is 4.98 Å². The molecule has 0 radical (unpaired) electrons. The monoisotopic (exact) mass is 204 g/mol. The summed E-state index contributed by atoms with van der Waals surface area (Å²) < 4.78 is 0. The number of hydrogen-bond donors (Lipinski definition) is 0. The van der Waals surface area contributed by atoms with E-state index < -0.39 is 0 Å². The summed E-state index contributed by atoms with van der Waals surface area (Å²) in [5, 5.41) is 1.06. The van der Waals surface area contributed by atoms with Gasteiger partial charge in [-0.25, -0.2) is 4.98 Å². The molecule has 0 aliphatic carbocycles. The number of alkyl halides is 1. The average molecular weight is 205 g/mol. The normalized spacial score (nSPS) is 10.3. The Labute approximate surface area is 82.2 Å². The van der Waals surface area contributed by atoms with Crippen molar-refractivity contribution >= 4 is 28.1 Å². The quantitative estimate of drug-likeness (QED) is 0.704. The zero-order valence-corrected chi connectivity index (χ0v) is 9.17. The molecule has 0 aliphatic rings. The van der Waals surface area contributed by atoms with Crippen LogP contribution >= 0.6 is 22.9 Å². The first kappa shape index (κ1) is 9.81. The Hall–Kier alpha value is -0.280. The third-order valence-electron chi connectivity index (χ3n) is 1.76. The number of aromatic nitrogens is 1. The number of aryl methyl sites for hydroxylation is 2. The van der Waals surface area contributed by atoms with Gasteiger partial charge in [-0.15, -0.1) is 22.9 Å². The molecule has 2 nitrogen and oxygen atoms in total. The summed E-state index contributed by atoms with van der Waals surface area (Å²) in [7, 11) is 2.01. The van der Waals surface area contributed by atoms with Crippen LogP contribution in [0.3, 0.4) is 0 Å². The Morgan fingerprint density at radius 2 is 2.17 bits per heavy atom. The fraction of sp³-hybridized carbons (Fsp3) is 0.625. The van der Waals surface area contributed by atoms with Crippen LogP contribution in [0, 0.1) is 13.8 Å². The zero-order chi connectivity index (χ0) is 9.14. The number of halogens is 1. The third-order valence-corrected chi connectivity index (χ3v) is 3.12. The SMILES string of the molecule is Cc1nc(N(C)CCCl)sc1C. The molecule has 0 spiro atoms. The molecule has 12 heavy (non-hydrogen) atoms. The van der Waals surface area contributed by atoms with E-state index >= 15 is 0 Å². The van der Waals surface area contributed by atoms with Crippen LogP contribution in [0.1, 0.15) is 10.6 Å². The lowest BCUT2D eigenvalue weighted by Gasteiger charge is -2.12. The summed E-state index contributed by atoms with van der Waals surface area (Å²) in [5.74, 6) is 0.647. The van der Waals surface area contributed by atoms with E-state index in [4.69, 9.17) is 11.6 Å². The Morgan fingerprint density at radius 1 is 1.50 bits per heavy atom. The summed E-state index contributed by atoms with van der Waals surface area (Å²) >= 11 is 7.35. The van der Waals surface area contributed by atoms with Crippen molar-refractivity contribution in [3.63, 3.8) is 0 Å². The van der Waals surface area contributed by atoms with Crippen LogP contribution < -0.4 is 4.90 Å². The smallest absolute Gasteiger partial charge is 0.185 e. The first-order chi connectivity index (χ1) is 5.65. The van der Waals surface area contributed by atoms with Gasteiger partial charge in [0.15, 0.2) is 5.13 Å². The van der Waals surface area contributed by atoms with E-state index in [1.165, 1.54) is 4.88 Å². The molecule has 1 rings (SSSR count). The van der Waals surface area contributed by atoms with Crippen LogP contribution in [0.2, 0.25) is 0 Å². The lowest BCUT2D eigenvalue weighted by Crippen LogP contribution is -2.19. The van der Waals surface area contributed by atoms with Crippen molar-refractivity contribution < 1.29 is 0 Å². The summed E-state index contributed by atoms with van der Waals surface area (Å²) in [6, 6.07) is 0. The highest BCUT2D eigenvalue weighted by Gasteiger charge is 2.06. The van der Waals surface area contributed by atoms with Crippen LogP contribution in [0.15, 0.2) is 0 Å². The van der Waals surface area contributed by atoms with Gasteiger partial charge < -0.3 is 4.90 Å². The van der Waals surface area contributed by atoms with E-state index in [1.54, 1.807) is 11.3 Å². The highest BCUT2D eigenvalue weighted by atomic mass is 35.5. The Morgan fingerprint density at radius 3 is 2.58 bits per heavy atom. The van der Waals surface area contributed by atoms with Gasteiger partial charge in [0, 0.05) is 24.3 Å². The minimum atomic E-state index is 0.647. The molecular weight excluding hydrogens is 192 g/mol. The predicted molar refractivity (Wildman–Crippen MR) is 55.6 cm³/mol. The van der Waals surface area contributed by atoms with Crippen molar-refractivity contribution in [1.29, 1.82) is 0 Å². The second-order valence-electron chi connectivity index (χ2n) is 2.75. The molecule has 0 saturated carbocycles. The minimum Gasteiger partial charge on any atom is -0.350 e. The first-order valence-corrected chi connectivity index (χ1v) is 5.21. The highest BCUT2D eigenvalue weighted by molar-refractivity contribution is 7.15. The van der Waals surface area contributed by atoms with Gasteiger partial charge in [0.05, 0.1) is 5.69 Å². The topological polar surface area (TPSA) is 16.1 Å². The van der Waals surface area contributed by atoms with Gasteiger partial charge in [0.1, 0.15) is 0 Å². The number of anilines is 1. The van der Waals surface area contributed by atoms with E-state index in [1.807, 2.05) is 14.0 Å². The Kier molecular flexibility index (Phi) is 3.35. The second-order valence-corrected chi connectivity index (χ2v) is 4.31. The van der Waals surface area contributed by atoms with Gasteiger partial charge in [-0.05, 0) is 13.8 Å². The van der Waals surface area contributed by atoms with Crippen LogP contribution in [-0.2, 0) is 0 Å². The maximum Gasteiger partial charge on any atom is 0.185 e. The molecule has 0 fully saturated rings. The molecule has 1 heterocycles. The largest absolute Gasteiger partial charge is 0.350 e. The molecule has 0 bridgehead atoms. The summed E-state index contributed by atoms with van der Waals surface area (Å²) in [5.41, 5.74) is 1.12. The fourth-order valence-corrected chi connectivity index (χ4v) is 1.99. The molecule has 0 aromatic carbocycles. The van der Waals surface area contributed by atoms with Crippen molar-refractivity contribution in [3.8, 4) is 0 Å². The molecule has 1 aromatic heterocycles. The van der Waals surface area contributed by atoms with Gasteiger partial charge in [0.2, 0.25) is 0 Å². The minimum absolute atomic E-state index is 0.647. The van der Waals surface area contributed by atoms with E-state index in [2.05, 4.69) is 16.8 Å². The summed E-state index contributed by atoms with van der Waals surface area (Å²) in [6.07, 6.45) is 0. The molecule has 68 valence electrons. The third kappa shape index (κ3) is 2.11. The number of rotatable bonds is 3. The Bertz CT molecular complexity index is 240. The van der Waals surface area contributed by atoms with Crippen LogP contribution in [0.4, 0.5) is 5.13 Å². The van der Waals surface area contributed by atoms with Gasteiger partial charge in [-0.3, -0.25) is 0 Å². The van der Waals surface area contributed by atoms with Crippen molar-refractivity contribution in [2.24, 2.45) is 0 Å². The molecule has 4 heteroatoms. The lowest BCUT2D eigenvalue weighted by molar-refractivity contribution is 0.957. The molecule has 0 aliphatic heterocycles. The van der Waals surface area contributed by atoms with Gasteiger partial charge in [0.25, 0.3) is 0 Å². The highest BCUT2D eigenvalue weighted by Crippen LogP contribution is 2.23. The average Bonchev–Trinajstić information content (AvgIpc) is 2.33. The van der Waals surface area contributed by atoms with Crippen molar-refractivity contribution in [2.45, 2.75) is 13.8 Å². The van der Waals surface area contributed by atoms with Crippen molar-refractivity contribution in [3.05, 3.63) is 10.6 Å². The molecular formula is C8H13ClN2S. The van der Waals surface area contributed by atoms with Crippen LogP contribution in [0.5, 0.6) is 0 Å². The predicted octanol–water partition coefficient (Wildman–Crippen LogP) is 2.43. The van der Waals surface area contributed by atoms with Gasteiger partial charge >= 0.3 is 0 Å². The molecule has 0 N–H and O–H groups in total. The maximum atomic E-state index is 5.63. The fourth-order valence-electron chi connectivity index (χ4n) is 0.841. The first-order valence-electron chi connectivity index (χ1n) is 3.86.